The average molecular weight is 453 g/mol. The molecule has 0 saturated heterocycles. The summed E-state index contributed by atoms with van der Waals surface area (Å²) in [7, 11) is 0. The lowest BCUT2D eigenvalue weighted by Crippen LogP contribution is -2.36. The average Bonchev–Trinajstić information content (AvgIpc) is 3.41. The summed E-state index contributed by atoms with van der Waals surface area (Å²) in [6.07, 6.45) is 4.06. The van der Waals surface area contributed by atoms with Gasteiger partial charge in [-0.3, -0.25) is 10.0 Å². The minimum absolute atomic E-state index is 0.596. The zero-order valence-electron chi connectivity index (χ0n) is 20.0. The maximum absolute atomic E-state index is 9.45. The third-order valence-corrected chi connectivity index (χ3v) is 6.03. The number of benzene rings is 2. The van der Waals surface area contributed by atoms with E-state index in [0.717, 1.165) is 59.4 Å². The van der Waals surface area contributed by atoms with Crippen LogP contribution in [0.4, 0.5) is 0 Å². The summed E-state index contributed by atoms with van der Waals surface area (Å²) in [5, 5.41) is 34.6. The lowest BCUT2D eigenvalue weighted by Gasteiger charge is -2.23. The molecule has 0 saturated carbocycles. The molecule has 4 rings (SSSR count). The Morgan fingerprint density at radius 3 is 1.41 bits per heavy atom. The zero-order valence-corrected chi connectivity index (χ0v) is 20.0. The highest BCUT2D eigenvalue weighted by atomic mass is 15.7. The van der Waals surface area contributed by atoms with Crippen molar-refractivity contribution >= 4 is 34.0 Å². The third kappa shape index (κ3) is 3.95. The van der Waals surface area contributed by atoms with Gasteiger partial charge in [0.2, 0.25) is 0 Å². The van der Waals surface area contributed by atoms with E-state index in [1.165, 1.54) is 0 Å². The number of hydrogen-bond donors (Lipinski definition) is 0. The summed E-state index contributed by atoms with van der Waals surface area (Å²) < 4.78 is 0. The highest BCUT2D eigenvalue weighted by molar-refractivity contribution is 5.94. The van der Waals surface area contributed by atoms with Crippen LogP contribution in [0.3, 0.4) is 0 Å². The van der Waals surface area contributed by atoms with Crippen LogP contribution < -0.4 is 10.0 Å². The van der Waals surface area contributed by atoms with E-state index >= 15 is 0 Å². The summed E-state index contributed by atoms with van der Waals surface area (Å²) in [4.78, 5) is 3.84. The third-order valence-electron chi connectivity index (χ3n) is 6.03. The first kappa shape index (κ1) is 22.9. The maximum Gasteiger partial charge on any atom is 0.0991 e. The highest BCUT2D eigenvalue weighted by Gasteiger charge is 2.17. The van der Waals surface area contributed by atoms with Gasteiger partial charge in [0.15, 0.2) is 0 Å². The minimum atomic E-state index is 0.596. The van der Waals surface area contributed by atoms with E-state index in [4.69, 9.17) is 10.2 Å². The molecule has 8 nitrogen and oxygen atoms in total. The van der Waals surface area contributed by atoms with Crippen molar-refractivity contribution < 1.29 is 0 Å². The molecular weight excluding hydrogens is 424 g/mol. The largest absolute Gasteiger partial charge is 0.297 e. The van der Waals surface area contributed by atoms with Crippen molar-refractivity contribution in [2.75, 3.05) is 36.2 Å². The first-order chi connectivity index (χ1) is 16.6. The SMILES string of the molecule is CCN(CC)n1nc2ccc(C#N)cc2c1/C=C/c1c2cc(C#N)ccc2nn1N(CC)CC. The van der Waals surface area contributed by atoms with E-state index < -0.39 is 0 Å². The Labute approximate surface area is 199 Å². The van der Waals surface area contributed by atoms with Gasteiger partial charge in [-0.25, -0.2) is 0 Å². The van der Waals surface area contributed by atoms with Crippen LogP contribution in [0.15, 0.2) is 36.4 Å². The zero-order chi connectivity index (χ0) is 24.2. The van der Waals surface area contributed by atoms with E-state index in [0.29, 0.717) is 11.1 Å². The number of nitrogens with zero attached hydrogens (tertiary/aromatic N) is 8. The van der Waals surface area contributed by atoms with Gasteiger partial charge in [-0.1, -0.05) is 0 Å². The normalized spacial score (nSPS) is 11.2. The van der Waals surface area contributed by atoms with Gasteiger partial charge in [0, 0.05) is 37.0 Å². The molecule has 0 spiro atoms. The van der Waals surface area contributed by atoms with E-state index in [-0.39, 0.29) is 0 Å². The second-order valence-electron chi connectivity index (χ2n) is 7.85. The van der Waals surface area contributed by atoms with Crippen LogP contribution in [0.5, 0.6) is 0 Å². The summed E-state index contributed by atoms with van der Waals surface area (Å²) in [6, 6.07) is 15.6. The molecule has 2 aromatic carbocycles. The molecule has 0 aliphatic rings. The molecule has 8 heteroatoms. The molecule has 0 fully saturated rings. The monoisotopic (exact) mass is 452 g/mol. The van der Waals surface area contributed by atoms with Crippen molar-refractivity contribution in [1.29, 1.82) is 10.5 Å². The van der Waals surface area contributed by atoms with Gasteiger partial charge in [-0.05, 0) is 76.2 Å². The molecule has 0 bridgehead atoms. The topological polar surface area (TPSA) is 89.7 Å². The van der Waals surface area contributed by atoms with Crippen molar-refractivity contribution in [1.82, 2.24) is 19.8 Å². The lowest BCUT2D eigenvalue weighted by molar-refractivity contribution is 0.556. The molecule has 34 heavy (non-hydrogen) atoms. The van der Waals surface area contributed by atoms with Crippen LogP contribution >= 0.6 is 0 Å². The maximum atomic E-state index is 9.45. The van der Waals surface area contributed by atoms with Gasteiger partial charge in [0.25, 0.3) is 0 Å². The smallest absolute Gasteiger partial charge is 0.0991 e. The minimum Gasteiger partial charge on any atom is -0.297 e. The van der Waals surface area contributed by atoms with Crippen LogP contribution in [-0.4, -0.2) is 46.0 Å². The van der Waals surface area contributed by atoms with E-state index in [9.17, 15) is 10.5 Å². The fourth-order valence-electron chi connectivity index (χ4n) is 4.21. The molecule has 2 aromatic heterocycles. The second kappa shape index (κ2) is 9.68. The molecule has 0 aliphatic heterocycles. The Hall–Kier alpha value is -4.30. The highest BCUT2D eigenvalue weighted by Crippen LogP contribution is 2.26. The molecule has 0 unspecified atom stereocenters. The van der Waals surface area contributed by atoms with E-state index in [1.54, 1.807) is 12.1 Å². The van der Waals surface area contributed by atoms with Gasteiger partial charge in [-0.15, -0.1) is 0 Å². The fourth-order valence-corrected chi connectivity index (χ4v) is 4.21. The van der Waals surface area contributed by atoms with Crippen molar-refractivity contribution in [2.45, 2.75) is 27.7 Å². The molecule has 0 N–H and O–H groups in total. The quantitative estimate of drug-likeness (QED) is 0.397. The van der Waals surface area contributed by atoms with Gasteiger partial charge in [0.05, 0.1) is 45.7 Å². The first-order valence-corrected chi connectivity index (χ1v) is 11.6. The van der Waals surface area contributed by atoms with E-state index in [1.807, 2.05) is 46.0 Å². The number of hydrogen-bond acceptors (Lipinski definition) is 6. The van der Waals surface area contributed by atoms with Gasteiger partial charge < -0.3 is 0 Å². The summed E-state index contributed by atoms with van der Waals surface area (Å²) >= 11 is 0. The van der Waals surface area contributed by atoms with Crippen molar-refractivity contribution in [3.63, 3.8) is 0 Å². The molecule has 0 aliphatic carbocycles. The van der Waals surface area contributed by atoms with E-state index in [2.05, 4.69) is 49.9 Å². The Kier molecular flexibility index (Phi) is 6.51. The molecule has 0 radical (unpaired) electrons. The van der Waals surface area contributed by atoms with Crippen LogP contribution in [-0.2, 0) is 0 Å². The first-order valence-electron chi connectivity index (χ1n) is 11.6. The summed E-state index contributed by atoms with van der Waals surface area (Å²) in [6.45, 7) is 11.6. The van der Waals surface area contributed by atoms with Crippen LogP contribution in [0.2, 0.25) is 0 Å². The number of rotatable bonds is 8. The van der Waals surface area contributed by atoms with Crippen molar-refractivity contribution in [2.24, 2.45) is 0 Å². The van der Waals surface area contributed by atoms with Gasteiger partial charge in [0.1, 0.15) is 0 Å². The van der Waals surface area contributed by atoms with Crippen molar-refractivity contribution in [3.05, 3.63) is 58.9 Å². The van der Waals surface area contributed by atoms with Gasteiger partial charge in [-0.2, -0.15) is 30.3 Å². The molecule has 2 heterocycles. The molecule has 0 amide bonds. The Bertz CT molecular complexity index is 1330. The van der Waals surface area contributed by atoms with Crippen LogP contribution in [0.1, 0.15) is 50.2 Å². The summed E-state index contributed by atoms with van der Waals surface area (Å²) in [5.74, 6) is 0. The van der Waals surface area contributed by atoms with Crippen LogP contribution in [0.25, 0.3) is 34.0 Å². The Morgan fingerprint density at radius 2 is 1.09 bits per heavy atom. The molecular formula is C26H28N8. The number of nitriles is 2. The predicted octanol–water partition coefficient (Wildman–Crippen LogP) is 4.26. The number of fused-ring (bicyclic) bond motifs is 2. The number of aromatic nitrogens is 4. The Morgan fingerprint density at radius 1 is 0.706 bits per heavy atom. The fraction of sp³-hybridized carbons (Fsp3) is 0.308. The second-order valence-corrected chi connectivity index (χ2v) is 7.85. The molecule has 0 atom stereocenters. The predicted molar refractivity (Wildman–Crippen MR) is 136 cm³/mol. The van der Waals surface area contributed by atoms with Crippen LogP contribution in [0, 0.1) is 22.7 Å². The summed E-state index contributed by atoms with van der Waals surface area (Å²) in [5.41, 5.74) is 4.65. The molecule has 172 valence electrons. The Balaban J connectivity index is 1.96. The van der Waals surface area contributed by atoms with Gasteiger partial charge >= 0.3 is 0 Å². The molecule has 4 aromatic rings. The lowest BCUT2D eigenvalue weighted by atomic mass is 10.1. The van der Waals surface area contributed by atoms with Crippen molar-refractivity contribution in [3.8, 4) is 12.1 Å². The standard InChI is InChI=1S/C26H28N8/c1-5-31(6-2)33-25(21-15-19(17-27)9-11-23(21)29-33)13-14-26-22-16-20(18-28)10-12-24(22)30-34(26)32(7-3)8-4/h9-16H,5-8H2,1-4H3/b14-13+.